The average Bonchev–Trinajstić information content (AvgIpc) is 2.78. The van der Waals surface area contributed by atoms with Crippen LogP contribution in [0.2, 0.25) is 5.02 Å². The summed E-state index contributed by atoms with van der Waals surface area (Å²) in [5.74, 6) is 1.36. The van der Waals surface area contributed by atoms with Crippen molar-refractivity contribution in [2.24, 2.45) is 0 Å². The van der Waals surface area contributed by atoms with Gasteiger partial charge in [0.1, 0.15) is 16.0 Å². The highest BCUT2D eigenvalue weighted by atomic mass is 79.9. The summed E-state index contributed by atoms with van der Waals surface area (Å²) in [6, 6.07) is 3.75. The van der Waals surface area contributed by atoms with Crippen molar-refractivity contribution in [3.05, 3.63) is 43.0 Å². The van der Waals surface area contributed by atoms with E-state index in [4.69, 9.17) is 32.7 Å². The molecule has 0 saturated heterocycles. The van der Waals surface area contributed by atoms with Gasteiger partial charge in [-0.15, -0.1) is 22.9 Å². The molecule has 20 heavy (non-hydrogen) atoms. The molecule has 2 aromatic rings. The maximum absolute atomic E-state index is 6.59. The summed E-state index contributed by atoms with van der Waals surface area (Å²) < 4.78 is 11.5. The topological polar surface area (TPSA) is 18.5 Å². The van der Waals surface area contributed by atoms with Crippen LogP contribution < -0.4 is 9.47 Å². The third kappa shape index (κ3) is 2.80. The van der Waals surface area contributed by atoms with Crippen LogP contribution in [0.3, 0.4) is 0 Å². The van der Waals surface area contributed by atoms with Crippen molar-refractivity contribution in [2.45, 2.75) is 12.3 Å². The van der Waals surface area contributed by atoms with Crippen molar-refractivity contribution >= 4 is 50.5 Å². The van der Waals surface area contributed by atoms with Gasteiger partial charge in [-0.2, -0.15) is 0 Å². The lowest BCUT2D eigenvalue weighted by molar-refractivity contribution is 0.386. The lowest BCUT2D eigenvalue weighted by Crippen LogP contribution is -1.99. The maximum atomic E-state index is 6.59. The third-order valence-electron chi connectivity index (χ3n) is 2.94. The van der Waals surface area contributed by atoms with E-state index in [9.17, 15) is 0 Å². The van der Waals surface area contributed by atoms with Crippen LogP contribution >= 0.6 is 50.5 Å². The van der Waals surface area contributed by atoms with E-state index in [1.54, 1.807) is 25.6 Å². The largest absolute Gasteiger partial charge is 0.495 e. The van der Waals surface area contributed by atoms with Gasteiger partial charge in [0.25, 0.3) is 0 Å². The molecule has 0 spiro atoms. The van der Waals surface area contributed by atoms with Gasteiger partial charge in [0.2, 0.25) is 0 Å². The van der Waals surface area contributed by atoms with E-state index in [0.717, 1.165) is 20.5 Å². The highest BCUT2D eigenvalue weighted by Crippen LogP contribution is 2.46. The summed E-state index contributed by atoms with van der Waals surface area (Å²) in [6.07, 6.45) is 0. The first-order valence-corrected chi connectivity index (χ1v) is 8.27. The molecule has 0 amide bonds. The average molecular weight is 396 g/mol. The van der Waals surface area contributed by atoms with Crippen LogP contribution in [0.5, 0.6) is 11.5 Å². The van der Waals surface area contributed by atoms with Gasteiger partial charge in [0.15, 0.2) is 0 Å². The van der Waals surface area contributed by atoms with Crippen LogP contribution in [0.4, 0.5) is 0 Å². The van der Waals surface area contributed by atoms with Gasteiger partial charge in [0.05, 0.1) is 24.6 Å². The van der Waals surface area contributed by atoms with Crippen molar-refractivity contribution in [1.29, 1.82) is 0 Å². The number of aryl methyl sites for hydroxylation is 1. The van der Waals surface area contributed by atoms with E-state index < -0.39 is 0 Å². The molecule has 0 N–H and O–H groups in total. The molecule has 0 aliphatic carbocycles. The molecular formula is C14H13BrCl2O2S. The molecule has 0 aliphatic heterocycles. The summed E-state index contributed by atoms with van der Waals surface area (Å²) in [5, 5.41) is 2.35. The molecule has 2 nitrogen and oxygen atoms in total. The summed E-state index contributed by atoms with van der Waals surface area (Å²) in [5.41, 5.74) is 1.88. The fourth-order valence-corrected chi connectivity index (χ4v) is 4.35. The molecule has 0 fully saturated rings. The molecule has 2 rings (SSSR count). The third-order valence-corrected chi connectivity index (χ3v) is 6.06. The van der Waals surface area contributed by atoms with E-state index in [1.165, 1.54) is 0 Å². The van der Waals surface area contributed by atoms with Crippen LogP contribution in [0.1, 0.15) is 21.4 Å². The summed E-state index contributed by atoms with van der Waals surface area (Å²) in [7, 11) is 3.21. The minimum absolute atomic E-state index is 0.363. The van der Waals surface area contributed by atoms with Gasteiger partial charge in [-0.3, -0.25) is 0 Å². The van der Waals surface area contributed by atoms with Crippen molar-refractivity contribution in [2.75, 3.05) is 14.2 Å². The molecular weight excluding hydrogens is 383 g/mol. The summed E-state index contributed by atoms with van der Waals surface area (Å²) in [6.45, 7) is 1.97. The molecule has 1 aromatic heterocycles. The Kier molecular flexibility index (Phi) is 5.24. The molecule has 1 heterocycles. The van der Waals surface area contributed by atoms with Crippen molar-refractivity contribution in [3.63, 3.8) is 0 Å². The number of rotatable bonds is 4. The second kappa shape index (κ2) is 6.56. The zero-order chi connectivity index (χ0) is 14.9. The zero-order valence-electron chi connectivity index (χ0n) is 11.2. The molecule has 108 valence electrons. The lowest BCUT2D eigenvalue weighted by Gasteiger charge is -2.16. The first-order chi connectivity index (χ1) is 9.51. The predicted octanol–water partition coefficient (Wildman–Crippen LogP) is 5.82. The fourth-order valence-electron chi connectivity index (χ4n) is 1.88. The Bertz CT molecular complexity index is 628. The van der Waals surface area contributed by atoms with Gasteiger partial charge >= 0.3 is 0 Å². The van der Waals surface area contributed by atoms with Crippen LogP contribution in [0.15, 0.2) is 22.0 Å². The number of halogens is 3. The molecule has 0 aliphatic rings. The van der Waals surface area contributed by atoms with Gasteiger partial charge in [-0.05, 0) is 45.9 Å². The van der Waals surface area contributed by atoms with Crippen LogP contribution in [0, 0.1) is 6.92 Å². The van der Waals surface area contributed by atoms with Crippen LogP contribution in [0.25, 0.3) is 0 Å². The Morgan fingerprint density at radius 1 is 1.25 bits per heavy atom. The smallest absolute Gasteiger partial charge is 0.141 e. The standard InChI is InChI=1S/C14H13BrCl2O2S/c1-7-6-20-14(11(7)16)12(17)8-4-5-9(18-2)10(15)13(8)19-3/h4-6,12H,1-3H3. The molecule has 0 saturated carbocycles. The second-order valence-corrected chi connectivity index (χ2v) is 6.68. The lowest BCUT2D eigenvalue weighted by atomic mass is 10.1. The van der Waals surface area contributed by atoms with E-state index in [2.05, 4.69) is 15.9 Å². The molecule has 0 bridgehead atoms. The number of ether oxygens (including phenoxy) is 2. The monoisotopic (exact) mass is 394 g/mol. The molecule has 1 aromatic carbocycles. The Morgan fingerprint density at radius 2 is 1.95 bits per heavy atom. The molecule has 1 unspecified atom stereocenters. The Balaban J connectivity index is 2.52. The number of benzene rings is 1. The van der Waals surface area contributed by atoms with Crippen molar-refractivity contribution in [1.82, 2.24) is 0 Å². The summed E-state index contributed by atoms with van der Waals surface area (Å²) in [4.78, 5) is 0.918. The fraction of sp³-hybridized carbons (Fsp3) is 0.286. The Morgan fingerprint density at radius 3 is 2.45 bits per heavy atom. The van der Waals surface area contributed by atoms with Gasteiger partial charge in [-0.1, -0.05) is 11.6 Å². The zero-order valence-corrected chi connectivity index (χ0v) is 15.1. The van der Waals surface area contributed by atoms with Gasteiger partial charge in [0, 0.05) is 10.4 Å². The highest BCUT2D eigenvalue weighted by Gasteiger charge is 2.23. The maximum Gasteiger partial charge on any atom is 0.141 e. The van der Waals surface area contributed by atoms with Crippen LogP contribution in [-0.2, 0) is 0 Å². The first kappa shape index (κ1) is 16.0. The SMILES string of the molecule is COc1ccc(C(Cl)c2scc(C)c2Cl)c(OC)c1Br. The van der Waals surface area contributed by atoms with E-state index in [-0.39, 0.29) is 5.38 Å². The van der Waals surface area contributed by atoms with Crippen molar-refractivity contribution < 1.29 is 9.47 Å². The number of hydrogen-bond donors (Lipinski definition) is 0. The molecule has 6 heteroatoms. The van der Waals surface area contributed by atoms with Crippen molar-refractivity contribution in [3.8, 4) is 11.5 Å². The highest BCUT2D eigenvalue weighted by molar-refractivity contribution is 9.10. The number of alkyl halides is 1. The Hall–Kier alpha value is -0.420. The number of hydrogen-bond acceptors (Lipinski definition) is 3. The summed E-state index contributed by atoms with van der Waals surface area (Å²) >= 11 is 17.9. The number of methoxy groups -OCH3 is 2. The van der Waals surface area contributed by atoms with E-state index >= 15 is 0 Å². The van der Waals surface area contributed by atoms with Gasteiger partial charge in [-0.25, -0.2) is 0 Å². The van der Waals surface area contributed by atoms with E-state index in [0.29, 0.717) is 16.5 Å². The molecule has 0 radical (unpaired) electrons. The Labute approximate surface area is 140 Å². The minimum atomic E-state index is -0.363. The van der Waals surface area contributed by atoms with Crippen LogP contribution in [-0.4, -0.2) is 14.2 Å². The second-order valence-electron chi connectivity index (χ2n) is 4.16. The molecule has 1 atom stereocenters. The van der Waals surface area contributed by atoms with E-state index in [1.807, 2.05) is 24.4 Å². The first-order valence-electron chi connectivity index (χ1n) is 5.79. The minimum Gasteiger partial charge on any atom is -0.495 e. The quantitative estimate of drug-likeness (QED) is 0.607. The normalized spacial score (nSPS) is 12.3. The predicted molar refractivity (Wildman–Crippen MR) is 89.0 cm³/mol. The number of thiophene rings is 1. The van der Waals surface area contributed by atoms with Gasteiger partial charge < -0.3 is 9.47 Å².